The number of likely N-dealkylation sites (tertiary alicyclic amines) is 1. The Bertz CT molecular complexity index is 794. The highest BCUT2D eigenvalue weighted by molar-refractivity contribution is 5.97. The van der Waals surface area contributed by atoms with Gasteiger partial charge in [0.25, 0.3) is 5.91 Å². The molecule has 1 aromatic heterocycles. The molecule has 2 heterocycles. The molecule has 1 aliphatic heterocycles. The predicted octanol–water partition coefficient (Wildman–Crippen LogP) is 0.309. The fourth-order valence-corrected chi connectivity index (χ4v) is 3.21. The molecule has 0 aliphatic carbocycles. The lowest BCUT2D eigenvalue weighted by molar-refractivity contribution is -0.0598. The lowest BCUT2D eigenvalue weighted by Gasteiger charge is -2.38. The van der Waals surface area contributed by atoms with Gasteiger partial charge in [-0.15, -0.1) is 0 Å². The molecule has 2 aromatic rings. The van der Waals surface area contributed by atoms with Crippen molar-refractivity contribution >= 4 is 16.9 Å². The maximum atomic E-state index is 12.6. The first-order chi connectivity index (χ1) is 11.0. The number of aliphatic hydroxyl groups is 2. The number of piperidine rings is 1. The van der Waals surface area contributed by atoms with Crippen LogP contribution in [0.15, 0.2) is 23.0 Å². The van der Waals surface area contributed by atoms with Crippen LogP contribution in [0.1, 0.15) is 30.1 Å². The van der Waals surface area contributed by atoms with Crippen LogP contribution in [-0.2, 0) is 6.54 Å². The summed E-state index contributed by atoms with van der Waals surface area (Å²) in [6.07, 6.45) is 1.13. The van der Waals surface area contributed by atoms with E-state index in [1.807, 2.05) is 6.92 Å². The van der Waals surface area contributed by atoms with Gasteiger partial charge >= 0.3 is 5.69 Å². The van der Waals surface area contributed by atoms with Crippen molar-refractivity contribution < 1.29 is 15.0 Å². The predicted molar refractivity (Wildman–Crippen MR) is 85.4 cm³/mol. The number of β-amino-alcohol motifs (C(OH)–C–C–N with tert-alkyl or cyclic N) is 1. The highest BCUT2D eigenvalue weighted by atomic mass is 16.3. The minimum absolute atomic E-state index is 0.118. The molecule has 1 unspecified atom stereocenters. The van der Waals surface area contributed by atoms with Gasteiger partial charge in [0, 0.05) is 18.7 Å². The Balaban J connectivity index is 1.90. The van der Waals surface area contributed by atoms with Crippen LogP contribution in [0.4, 0.5) is 0 Å². The van der Waals surface area contributed by atoms with Gasteiger partial charge in [-0.2, -0.15) is 0 Å². The van der Waals surface area contributed by atoms with E-state index in [1.165, 1.54) is 0 Å². The molecule has 3 N–H and O–H groups in total. The van der Waals surface area contributed by atoms with E-state index in [2.05, 4.69) is 4.98 Å². The lowest BCUT2D eigenvalue weighted by atomic mass is 9.93. The second-order valence-electron chi connectivity index (χ2n) is 6.12. The molecule has 1 fully saturated rings. The van der Waals surface area contributed by atoms with E-state index < -0.39 is 5.60 Å². The van der Waals surface area contributed by atoms with Gasteiger partial charge in [0.05, 0.1) is 24.2 Å². The second-order valence-corrected chi connectivity index (χ2v) is 6.12. The summed E-state index contributed by atoms with van der Waals surface area (Å²) in [5.74, 6) is -0.205. The lowest BCUT2D eigenvalue weighted by Crippen LogP contribution is -2.52. The summed E-state index contributed by atoms with van der Waals surface area (Å²) >= 11 is 0. The van der Waals surface area contributed by atoms with Gasteiger partial charge < -0.3 is 20.1 Å². The van der Waals surface area contributed by atoms with E-state index in [0.29, 0.717) is 37.0 Å². The Kier molecular flexibility index (Phi) is 3.99. The summed E-state index contributed by atoms with van der Waals surface area (Å²) in [4.78, 5) is 28.8. The summed E-state index contributed by atoms with van der Waals surface area (Å²) < 4.78 is 1.61. The first-order valence-electron chi connectivity index (χ1n) is 7.82. The number of aliphatic hydroxyl groups excluding tert-OH is 1. The molecule has 0 radical (unpaired) electrons. The Labute approximate surface area is 133 Å². The third-order valence-electron chi connectivity index (χ3n) is 4.47. The van der Waals surface area contributed by atoms with Crippen LogP contribution in [0, 0.1) is 0 Å². The van der Waals surface area contributed by atoms with Crippen molar-refractivity contribution in [3.8, 4) is 0 Å². The topological polar surface area (TPSA) is 98.6 Å². The second kappa shape index (κ2) is 5.82. The number of carbonyl (C=O) groups is 1. The zero-order chi connectivity index (χ0) is 16.6. The molecule has 0 bridgehead atoms. The number of benzene rings is 1. The number of H-pyrrole nitrogens is 1. The highest BCUT2D eigenvalue weighted by Crippen LogP contribution is 2.23. The van der Waals surface area contributed by atoms with E-state index in [1.54, 1.807) is 27.7 Å². The van der Waals surface area contributed by atoms with E-state index in [-0.39, 0.29) is 24.7 Å². The molecule has 1 aromatic carbocycles. The van der Waals surface area contributed by atoms with Gasteiger partial charge in [-0.1, -0.05) is 0 Å². The third-order valence-corrected chi connectivity index (χ3v) is 4.47. The zero-order valence-corrected chi connectivity index (χ0v) is 13.1. The number of hydrogen-bond donors (Lipinski definition) is 3. The fourth-order valence-electron chi connectivity index (χ4n) is 3.21. The molecule has 7 nitrogen and oxygen atoms in total. The molecule has 1 atom stereocenters. The number of amides is 1. The number of nitrogens with one attached hydrogen (secondary N) is 1. The number of imidazole rings is 1. The Morgan fingerprint density at radius 1 is 1.43 bits per heavy atom. The van der Waals surface area contributed by atoms with E-state index in [9.17, 15) is 19.8 Å². The standard InChI is InChI=1S/C16H21N3O4/c1-2-19-13-5-4-11(8-12(13)17-15(19)22)14(21)18-7-3-6-16(23,9-18)10-20/h4-5,8,20,23H,2-3,6-7,9-10H2,1H3,(H,17,22). The molecular weight excluding hydrogens is 298 g/mol. The SMILES string of the molecule is CCn1c(=O)[nH]c2cc(C(=O)N3CCCC(O)(CO)C3)ccc21. The number of aryl methyl sites for hydroxylation is 1. The monoisotopic (exact) mass is 319 g/mol. The summed E-state index contributed by atoms with van der Waals surface area (Å²) in [6.45, 7) is 2.75. The molecule has 1 amide bonds. The zero-order valence-electron chi connectivity index (χ0n) is 13.1. The Morgan fingerprint density at radius 3 is 2.91 bits per heavy atom. The minimum atomic E-state index is -1.22. The molecule has 0 saturated carbocycles. The van der Waals surface area contributed by atoms with Gasteiger partial charge in [-0.05, 0) is 38.0 Å². The number of nitrogens with zero attached hydrogens (tertiary/aromatic N) is 2. The number of aromatic nitrogens is 2. The summed E-state index contributed by atoms with van der Waals surface area (Å²) in [6, 6.07) is 5.11. The molecule has 1 aliphatic rings. The van der Waals surface area contributed by atoms with Gasteiger partial charge in [0.2, 0.25) is 0 Å². The van der Waals surface area contributed by atoms with E-state index in [0.717, 1.165) is 5.52 Å². The number of aromatic amines is 1. The quantitative estimate of drug-likeness (QED) is 0.758. The van der Waals surface area contributed by atoms with Crippen LogP contribution in [0.2, 0.25) is 0 Å². The van der Waals surface area contributed by atoms with Crippen LogP contribution >= 0.6 is 0 Å². The molecule has 7 heteroatoms. The van der Waals surface area contributed by atoms with Gasteiger partial charge in [-0.3, -0.25) is 9.36 Å². The summed E-state index contributed by atoms with van der Waals surface area (Å²) in [5, 5.41) is 19.5. The van der Waals surface area contributed by atoms with E-state index in [4.69, 9.17) is 0 Å². The smallest absolute Gasteiger partial charge is 0.326 e. The molecule has 0 spiro atoms. The fraction of sp³-hybridized carbons (Fsp3) is 0.500. The van der Waals surface area contributed by atoms with Crippen LogP contribution < -0.4 is 5.69 Å². The highest BCUT2D eigenvalue weighted by Gasteiger charge is 2.34. The van der Waals surface area contributed by atoms with E-state index >= 15 is 0 Å². The van der Waals surface area contributed by atoms with Crippen molar-refractivity contribution in [2.45, 2.75) is 31.9 Å². The summed E-state index contributed by atoms with van der Waals surface area (Å²) in [5.41, 5.74) is 0.429. The maximum Gasteiger partial charge on any atom is 0.326 e. The largest absolute Gasteiger partial charge is 0.393 e. The van der Waals surface area contributed by atoms with Crippen molar-refractivity contribution in [2.24, 2.45) is 0 Å². The minimum Gasteiger partial charge on any atom is -0.393 e. The van der Waals surface area contributed by atoms with Crippen molar-refractivity contribution in [1.29, 1.82) is 0 Å². The average molecular weight is 319 g/mol. The van der Waals surface area contributed by atoms with Crippen molar-refractivity contribution in [3.05, 3.63) is 34.2 Å². The molecule has 3 rings (SSSR count). The van der Waals surface area contributed by atoms with Crippen molar-refractivity contribution in [3.63, 3.8) is 0 Å². The Morgan fingerprint density at radius 2 is 2.22 bits per heavy atom. The van der Waals surface area contributed by atoms with Gasteiger partial charge in [-0.25, -0.2) is 4.79 Å². The van der Waals surface area contributed by atoms with Gasteiger partial charge in [0.1, 0.15) is 5.60 Å². The van der Waals surface area contributed by atoms with Crippen molar-refractivity contribution in [2.75, 3.05) is 19.7 Å². The van der Waals surface area contributed by atoms with Crippen LogP contribution in [-0.4, -0.2) is 55.9 Å². The molecule has 124 valence electrons. The van der Waals surface area contributed by atoms with Crippen molar-refractivity contribution in [1.82, 2.24) is 14.5 Å². The van der Waals surface area contributed by atoms with Crippen LogP contribution in [0.3, 0.4) is 0 Å². The summed E-state index contributed by atoms with van der Waals surface area (Å²) in [7, 11) is 0. The average Bonchev–Trinajstić information content (AvgIpc) is 2.88. The number of fused-ring (bicyclic) bond motifs is 1. The molecule has 1 saturated heterocycles. The van der Waals surface area contributed by atoms with Gasteiger partial charge in [0.15, 0.2) is 0 Å². The van der Waals surface area contributed by atoms with Crippen LogP contribution in [0.5, 0.6) is 0 Å². The number of rotatable bonds is 3. The number of hydrogen-bond acceptors (Lipinski definition) is 4. The van der Waals surface area contributed by atoms with Crippen LogP contribution in [0.25, 0.3) is 11.0 Å². The molecule has 23 heavy (non-hydrogen) atoms. The number of carbonyl (C=O) groups excluding carboxylic acids is 1. The third kappa shape index (κ3) is 2.77. The normalized spacial score (nSPS) is 21.8. The first-order valence-corrected chi connectivity index (χ1v) is 7.82. The Hall–Kier alpha value is -2.12. The molecular formula is C16H21N3O4. The first kappa shape index (κ1) is 15.8. The maximum absolute atomic E-state index is 12.6.